The monoisotopic (exact) mass is 310 g/mol. The van der Waals surface area contributed by atoms with E-state index in [4.69, 9.17) is 10.00 Å². The summed E-state index contributed by atoms with van der Waals surface area (Å²) in [5.41, 5.74) is 1.51. The molecule has 0 bridgehead atoms. The molecule has 4 nitrogen and oxygen atoms in total. The minimum Gasteiger partial charge on any atom is -0.489 e. The zero-order valence-electron chi connectivity index (χ0n) is 12.4. The van der Waals surface area contributed by atoms with Gasteiger partial charge < -0.3 is 9.64 Å². The number of nitriles is 1. The summed E-state index contributed by atoms with van der Waals surface area (Å²) in [6.07, 6.45) is 0.272. The number of halogens is 1. The lowest BCUT2D eigenvalue weighted by molar-refractivity contribution is -0.117. The lowest BCUT2D eigenvalue weighted by Gasteiger charge is -2.16. The molecule has 5 heteroatoms. The van der Waals surface area contributed by atoms with Crippen LogP contribution in [0.2, 0.25) is 0 Å². The predicted molar refractivity (Wildman–Crippen MR) is 83.2 cm³/mol. The molecule has 1 heterocycles. The van der Waals surface area contributed by atoms with Crippen molar-refractivity contribution in [1.82, 2.24) is 0 Å². The highest BCUT2D eigenvalue weighted by molar-refractivity contribution is 5.96. The summed E-state index contributed by atoms with van der Waals surface area (Å²) in [4.78, 5) is 13.5. The van der Waals surface area contributed by atoms with Gasteiger partial charge in [0.1, 0.15) is 18.2 Å². The van der Waals surface area contributed by atoms with Crippen LogP contribution < -0.4 is 9.64 Å². The molecule has 0 aromatic heterocycles. The molecule has 0 saturated carbocycles. The van der Waals surface area contributed by atoms with Crippen molar-refractivity contribution in [3.05, 3.63) is 59.9 Å². The van der Waals surface area contributed by atoms with Crippen LogP contribution in [0.3, 0.4) is 0 Å². The number of carbonyl (C=O) groups excluding carboxylic acids is 1. The first kappa shape index (κ1) is 15.0. The maximum Gasteiger partial charge on any atom is 0.228 e. The van der Waals surface area contributed by atoms with Gasteiger partial charge in [-0.05, 0) is 42.0 Å². The van der Waals surface area contributed by atoms with Crippen molar-refractivity contribution in [2.75, 3.05) is 11.4 Å². The standard InChI is InChI=1S/C18H15FN2O2/c19-15-3-1-2-13(8-15)12-23-17-6-4-16(5-7-17)21-11-14(10-20)9-18(21)22/h1-8,14H,9,11-12H2. The first-order chi connectivity index (χ1) is 11.2. The molecule has 1 aliphatic rings. The van der Waals surface area contributed by atoms with Crippen LogP contribution in [0.25, 0.3) is 0 Å². The molecule has 23 heavy (non-hydrogen) atoms. The van der Waals surface area contributed by atoms with Crippen LogP contribution in [0.1, 0.15) is 12.0 Å². The summed E-state index contributed by atoms with van der Waals surface area (Å²) < 4.78 is 18.7. The van der Waals surface area contributed by atoms with Crippen molar-refractivity contribution in [3.8, 4) is 11.8 Å². The summed E-state index contributed by atoms with van der Waals surface area (Å²) in [5, 5.41) is 8.91. The molecule has 0 aliphatic carbocycles. The van der Waals surface area contributed by atoms with Crippen molar-refractivity contribution >= 4 is 11.6 Å². The second-order valence-corrected chi connectivity index (χ2v) is 5.45. The van der Waals surface area contributed by atoms with Crippen LogP contribution in [0.4, 0.5) is 10.1 Å². The lowest BCUT2D eigenvalue weighted by atomic mass is 10.1. The zero-order chi connectivity index (χ0) is 16.2. The van der Waals surface area contributed by atoms with E-state index in [2.05, 4.69) is 6.07 Å². The van der Waals surface area contributed by atoms with Crippen molar-refractivity contribution in [2.45, 2.75) is 13.0 Å². The molecule has 2 aromatic rings. The lowest BCUT2D eigenvalue weighted by Crippen LogP contribution is -2.24. The first-order valence-corrected chi connectivity index (χ1v) is 7.33. The number of hydrogen-bond donors (Lipinski definition) is 0. The largest absolute Gasteiger partial charge is 0.489 e. The number of amides is 1. The number of benzene rings is 2. The van der Waals surface area contributed by atoms with Gasteiger partial charge in [0.15, 0.2) is 0 Å². The Bertz CT molecular complexity index is 752. The molecule has 0 spiro atoms. The Kier molecular flexibility index (Phi) is 4.24. The zero-order valence-corrected chi connectivity index (χ0v) is 12.4. The average molecular weight is 310 g/mol. The Morgan fingerprint density at radius 3 is 2.70 bits per heavy atom. The van der Waals surface area contributed by atoms with Crippen LogP contribution in [-0.4, -0.2) is 12.5 Å². The van der Waals surface area contributed by atoms with E-state index in [1.54, 1.807) is 41.3 Å². The van der Waals surface area contributed by atoms with E-state index in [1.807, 2.05) is 0 Å². The Labute approximate surface area is 133 Å². The molecule has 1 saturated heterocycles. The Hall–Kier alpha value is -2.87. The maximum absolute atomic E-state index is 13.1. The molecule has 0 radical (unpaired) electrons. The highest BCUT2D eigenvalue weighted by Crippen LogP contribution is 2.26. The summed E-state index contributed by atoms with van der Waals surface area (Å²) in [7, 11) is 0. The van der Waals surface area contributed by atoms with Crippen LogP contribution in [-0.2, 0) is 11.4 Å². The normalized spacial score (nSPS) is 17.1. The highest BCUT2D eigenvalue weighted by atomic mass is 19.1. The molecule has 0 N–H and O–H groups in total. The molecule has 116 valence electrons. The van der Waals surface area contributed by atoms with Gasteiger partial charge in [-0.3, -0.25) is 4.79 Å². The van der Waals surface area contributed by atoms with Gasteiger partial charge in [-0.25, -0.2) is 4.39 Å². The molecular formula is C18H15FN2O2. The number of hydrogen-bond acceptors (Lipinski definition) is 3. The van der Waals surface area contributed by atoms with Gasteiger partial charge in [-0.1, -0.05) is 12.1 Å². The topological polar surface area (TPSA) is 53.3 Å². The van der Waals surface area contributed by atoms with Crippen molar-refractivity contribution in [3.63, 3.8) is 0 Å². The number of carbonyl (C=O) groups is 1. The average Bonchev–Trinajstić information content (AvgIpc) is 2.95. The fraction of sp³-hybridized carbons (Fsp3) is 0.222. The summed E-state index contributed by atoms with van der Waals surface area (Å²) >= 11 is 0. The van der Waals surface area contributed by atoms with E-state index in [1.165, 1.54) is 12.1 Å². The van der Waals surface area contributed by atoms with Crippen molar-refractivity contribution < 1.29 is 13.9 Å². The minimum absolute atomic E-state index is 0.0371. The number of ether oxygens (including phenoxy) is 1. The second-order valence-electron chi connectivity index (χ2n) is 5.45. The summed E-state index contributed by atoms with van der Waals surface area (Å²) in [5.74, 6) is 0.0684. The van der Waals surface area contributed by atoms with E-state index in [0.29, 0.717) is 12.3 Å². The quantitative estimate of drug-likeness (QED) is 0.871. The van der Waals surface area contributed by atoms with Crippen LogP contribution in [0.5, 0.6) is 5.75 Å². The summed E-state index contributed by atoms with van der Waals surface area (Å²) in [6, 6.07) is 15.5. The van der Waals surface area contributed by atoms with Crippen molar-refractivity contribution in [2.24, 2.45) is 5.92 Å². The van der Waals surface area contributed by atoms with Gasteiger partial charge in [0, 0.05) is 18.7 Å². The van der Waals surface area contributed by atoms with Crippen LogP contribution in [0, 0.1) is 23.1 Å². The second kappa shape index (κ2) is 6.49. The third-order valence-electron chi connectivity index (χ3n) is 3.75. The highest BCUT2D eigenvalue weighted by Gasteiger charge is 2.30. The minimum atomic E-state index is -0.291. The molecule has 2 aromatic carbocycles. The van der Waals surface area contributed by atoms with Gasteiger partial charge in [-0.15, -0.1) is 0 Å². The smallest absolute Gasteiger partial charge is 0.228 e. The van der Waals surface area contributed by atoms with Gasteiger partial charge in [0.25, 0.3) is 0 Å². The Morgan fingerprint density at radius 2 is 2.04 bits per heavy atom. The first-order valence-electron chi connectivity index (χ1n) is 7.33. The molecule has 1 atom stereocenters. The third kappa shape index (κ3) is 3.49. The van der Waals surface area contributed by atoms with Crippen LogP contribution >= 0.6 is 0 Å². The van der Waals surface area contributed by atoms with Gasteiger partial charge in [-0.2, -0.15) is 5.26 Å². The van der Waals surface area contributed by atoms with Gasteiger partial charge in [0.05, 0.1) is 12.0 Å². The summed E-state index contributed by atoms with van der Waals surface area (Å²) in [6.45, 7) is 0.703. The van der Waals surface area contributed by atoms with E-state index < -0.39 is 0 Å². The fourth-order valence-electron chi connectivity index (χ4n) is 2.56. The van der Waals surface area contributed by atoms with E-state index >= 15 is 0 Å². The fourth-order valence-corrected chi connectivity index (χ4v) is 2.56. The molecule has 1 aliphatic heterocycles. The van der Waals surface area contributed by atoms with E-state index in [0.717, 1.165) is 11.3 Å². The molecule has 1 amide bonds. The molecule has 3 rings (SSSR count). The Morgan fingerprint density at radius 1 is 1.26 bits per heavy atom. The third-order valence-corrected chi connectivity index (χ3v) is 3.75. The maximum atomic E-state index is 13.1. The molecule has 1 fully saturated rings. The van der Waals surface area contributed by atoms with E-state index in [9.17, 15) is 9.18 Å². The van der Waals surface area contributed by atoms with E-state index in [-0.39, 0.29) is 30.7 Å². The molecule has 1 unspecified atom stereocenters. The van der Waals surface area contributed by atoms with Crippen molar-refractivity contribution in [1.29, 1.82) is 5.26 Å². The SMILES string of the molecule is N#CC1CC(=O)N(c2ccc(OCc3cccc(F)c3)cc2)C1. The molecular weight excluding hydrogens is 295 g/mol. The Balaban J connectivity index is 1.63. The number of nitrogens with zero attached hydrogens (tertiary/aromatic N) is 2. The van der Waals surface area contributed by atoms with Gasteiger partial charge >= 0.3 is 0 Å². The number of rotatable bonds is 4. The number of anilines is 1. The van der Waals surface area contributed by atoms with Crippen LogP contribution in [0.15, 0.2) is 48.5 Å². The van der Waals surface area contributed by atoms with Gasteiger partial charge in [0.2, 0.25) is 5.91 Å². The predicted octanol–water partition coefficient (Wildman–Crippen LogP) is 3.28.